The number of aromatic amines is 1. The molecular formula is C15H21F2NS. The Bertz CT molecular complexity index is 460. The van der Waals surface area contributed by atoms with E-state index >= 15 is 0 Å². The van der Waals surface area contributed by atoms with Crippen LogP contribution in [0.3, 0.4) is 0 Å². The molecule has 4 heteroatoms. The van der Waals surface area contributed by atoms with Crippen molar-refractivity contribution in [2.24, 2.45) is 0 Å². The van der Waals surface area contributed by atoms with Crippen molar-refractivity contribution in [1.82, 2.24) is 4.98 Å². The van der Waals surface area contributed by atoms with E-state index in [1.54, 1.807) is 12.3 Å². The lowest BCUT2D eigenvalue weighted by molar-refractivity contribution is 0.589. The second-order valence-corrected chi connectivity index (χ2v) is 3.93. The number of rotatable bonds is 2. The fourth-order valence-corrected chi connectivity index (χ4v) is 1.80. The van der Waals surface area contributed by atoms with Crippen LogP contribution >= 0.6 is 11.8 Å². The number of hydrogen-bond acceptors (Lipinski definition) is 1. The van der Waals surface area contributed by atoms with Crippen molar-refractivity contribution in [1.29, 1.82) is 0 Å². The quantitative estimate of drug-likeness (QED) is 0.696. The minimum atomic E-state index is -0.551. The molecule has 0 radical (unpaired) electrons. The van der Waals surface area contributed by atoms with E-state index in [9.17, 15) is 8.78 Å². The van der Waals surface area contributed by atoms with Crippen molar-refractivity contribution >= 4 is 11.8 Å². The van der Waals surface area contributed by atoms with Crippen LogP contribution in [0.4, 0.5) is 8.78 Å². The van der Waals surface area contributed by atoms with Crippen molar-refractivity contribution in [3.05, 3.63) is 42.1 Å². The number of nitrogens with one attached hydrogen (secondary N) is 1. The molecule has 0 atom stereocenters. The van der Waals surface area contributed by atoms with E-state index in [2.05, 4.69) is 4.98 Å². The number of benzene rings is 1. The molecule has 0 saturated heterocycles. The number of thioether (sulfide) groups is 1. The number of aromatic nitrogens is 1. The first-order valence-corrected chi connectivity index (χ1v) is 7.61. The zero-order chi connectivity index (χ0) is 14.8. The maximum atomic E-state index is 13.4. The third kappa shape index (κ3) is 4.71. The SMILES string of the molecule is CC.CC.CSc1c[nH]c(-c2c(F)cccc2F)c1. The second-order valence-electron chi connectivity index (χ2n) is 3.05. The lowest BCUT2D eigenvalue weighted by atomic mass is 10.1. The molecule has 0 bridgehead atoms. The number of halogens is 2. The van der Waals surface area contributed by atoms with Gasteiger partial charge < -0.3 is 4.98 Å². The van der Waals surface area contributed by atoms with Gasteiger partial charge in [-0.1, -0.05) is 33.8 Å². The normalized spacial score (nSPS) is 9.00. The van der Waals surface area contributed by atoms with Crippen molar-refractivity contribution in [3.63, 3.8) is 0 Å². The molecule has 1 aromatic heterocycles. The van der Waals surface area contributed by atoms with Crippen LogP contribution in [0.15, 0.2) is 35.4 Å². The summed E-state index contributed by atoms with van der Waals surface area (Å²) in [5.74, 6) is -1.10. The molecule has 0 unspecified atom stereocenters. The van der Waals surface area contributed by atoms with Crippen LogP contribution in [0.25, 0.3) is 11.3 Å². The van der Waals surface area contributed by atoms with Crippen LogP contribution in [0.2, 0.25) is 0 Å². The Hall–Kier alpha value is -1.29. The molecule has 1 heterocycles. The van der Waals surface area contributed by atoms with Gasteiger partial charge >= 0.3 is 0 Å². The Kier molecular flexibility index (Phi) is 8.96. The van der Waals surface area contributed by atoms with Crippen LogP contribution in [0.5, 0.6) is 0 Å². The molecule has 0 saturated carbocycles. The summed E-state index contributed by atoms with van der Waals surface area (Å²) in [6, 6.07) is 5.58. The minimum absolute atomic E-state index is 0.00204. The highest BCUT2D eigenvalue weighted by molar-refractivity contribution is 7.98. The third-order valence-electron chi connectivity index (χ3n) is 2.12. The molecule has 2 rings (SSSR count). The standard InChI is InChI=1S/C11H9F2NS.2C2H6/c1-15-7-5-10(14-6-7)11-8(12)3-2-4-9(11)13;2*1-2/h2-6,14H,1H3;2*1-2H3. The molecule has 1 nitrogen and oxygen atoms in total. The fourth-order valence-electron chi connectivity index (χ4n) is 1.39. The Morgan fingerprint density at radius 1 is 1.00 bits per heavy atom. The maximum Gasteiger partial charge on any atom is 0.135 e. The smallest absolute Gasteiger partial charge is 0.135 e. The van der Waals surface area contributed by atoms with Gasteiger partial charge in [0, 0.05) is 11.1 Å². The first-order chi connectivity index (χ1) is 9.22. The van der Waals surface area contributed by atoms with Gasteiger partial charge in [-0.2, -0.15) is 0 Å². The molecule has 1 aromatic carbocycles. The van der Waals surface area contributed by atoms with E-state index in [4.69, 9.17) is 0 Å². The summed E-state index contributed by atoms with van der Waals surface area (Å²) in [5.41, 5.74) is 0.466. The molecule has 0 aliphatic heterocycles. The van der Waals surface area contributed by atoms with E-state index < -0.39 is 11.6 Å². The van der Waals surface area contributed by atoms with Crippen LogP contribution in [0, 0.1) is 11.6 Å². The van der Waals surface area contributed by atoms with Gasteiger partial charge in [-0.15, -0.1) is 11.8 Å². The number of H-pyrrole nitrogens is 1. The lowest BCUT2D eigenvalue weighted by Gasteiger charge is -2.01. The fraction of sp³-hybridized carbons (Fsp3) is 0.333. The largest absolute Gasteiger partial charge is 0.360 e. The first kappa shape index (κ1) is 17.7. The van der Waals surface area contributed by atoms with Crippen LogP contribution in [-0.2, 0) is 0 Å². The molecule has 1 N–H and O–H groups in total. The highest BCUT2D eigenvalue weighted by Gasteiger charge is 2.12. The van der Waals surface area contributed by atoms with E-state index in [0.717, 1.165) is 4.90 Å². The highest BCUT2D eigenvalue weighted by atomic mass is 32.2. The number of hydrogen-bond donors (Lipinski definition) is 1. The summed E-state index contributed by atoms with van der Waals surface area (Å²) in [5, 5.41) is 0. The molecule has 106 valence electrons. The van der Waals surface area contributed by atoms with Crippen molar-refractivity contribution < 1.29 is 8.78 Å². The summed E-state index contributed by atoms with van der Waals surface area (Å²) in [4.78, 5) is 3.81. The van der Waals surface area contributed by atoms with Crippen molar-refractivity contribution in [2.75, 3.05) is 6.26 Å². The topological polar surface area (TPSA) is 15.8 Å². The van der Waals surface area contributed by atoms with Crippen LogP contribution < -0.4 is 0 Å². The summed E-state index contributed by atoms with van der Waals surface area (Å²) >= 11 is 1.52. The Morgan fingerprint density at radius 3 is 1.95 bits per heavy atom. The van der Waals surface area contributed by atoms with Crippen LogP contribution in [0.1, 0.15) is 27.7 Å². The van der Waals surface area contributed by atoms with E-state index in [1.807, 2.05) is 34.0 Å². The van der Waals surface area contributed by atoms with E-state index in [0.29, 0.717) is 5.69 Å². The van der Waals surface area contributed by atoms with Gasteiger partial charge in [-0.25, -0.2) is 8.78 Å². The minimum Gasteiger partial charge on any atom is -0.360 e. The monoisotopic (exact) mass is 285 g/mol. The van der Waals surface area contributed by atoms with Gasteiger partial charge in [0.15, 0.2) is 0 Å². The van der Waals surface area contributed by atoms with Gasteiger partial charge in [0.2, 0.25) is 0 Å². The Labute approximate surface area is 118 Å². The molecular weight excluding hydrogens is 264 g/mol. The maximum absolute atomic E-state index is 13.4. The molecule has 19 heavy (non-hydrogen) atoms. The first-order valence-electron chi connectivity index (χ1n) is 6.39. The molecule has 0 amide bonds. The Balaban J connectivity index is 0.000000741. The van der Waals surface area contributed by atoms with Gasteiger partial charge in [-0.05, 0) is 24.5 Å². The predicted octanol–water partition coefficient (Wildman–Crippen LogP) is 5.73. The summed E-state index contributed by atoms with van der Waals surface area (Å²) < 4.78 is 26.8. The van der Waals surface area contributed by atoms with Crippen molar-refractivity contribution in [3.8, 4) is 11.3 Å². The predicted molar refractivity (Wildman–Crippen MR) is 80.6 cm³/mol. The van der Waals surface area contributed by atoms with E-state index in [-0.39, 0.29) is 5.56 Å². The van der Waals surface area contributed by atoms with Gasteiger partial charge in [0.1, 0.15) is 11.6 Å². The summed E-state index contributed by atoms with van der Waals surface area (Å²) in [6.45, 7) is 8.00. The average Bonchev–Trinajstić information content (AvgIpc) is 2.92. The van der Waals surface area contributed by atoms with Gasteiger partial charge in [-0.3, -0.25) is 0 Å². The molecule has 0 aliphatic carbocycles. The lowest BCUT2D eigenvalue weighted by Crippen LogP contribution is -1.88. The highest BCUT2D eigenvalue weighted by Crippen LogP contribution is 2.27. The molecule has 0 aliphatic rings. The Morgan fingerprint density at radius 2 is 1.53 bits per heavy atom. The summed E-state index contributed by atoms with van der Waals surface area (Å²) in [6.07, 6.45) is 3.64. The molecule has 2 aromatic rings. The zero-order valence-electron chi connectivity index (χ0n) is 12.1. The van der Waals surface area contributed by atoms with Crippen LogP contribution in [-0.4, -0.2) is 11.2 Å². The average molecular weight is 285 g/mol. The van der Waals surface area contributed by atoms with Crippen molar-refractivity contribution in [2.45, 2.75) is 32.6 Å². The molecule has 0 spiro atoms. The van der Waals surface area contributed by atoms with Gasteiger partial charge in [0.05, 0.1) is 11.3 Å². The second kappa shape index (κ2) is 9.62. The zero-order valence-corrected chi connectivity index (χ0v) is 12.9. The van der Waals surface area contributed by atoms with E-state index in [1.165, 1.54) is 30.0 Å². The third-order valence-corrected chi connectivity index (χ3v) is 2.83. The van der Waals surface area contributed by atoms with Gasteiger partial charge in [0.25, 0.3) is 0 Å². The molecule has 0 fully saturated rings. The summed E-state index contributed by atoms with van der Waals surface area (Å²) in [7, 11) is 0.